The smallest absolute Gasteiger partial charge is 0.222 e. The van der Waals surface area contributed by atoms with E-state index < -0.39 is 0 Å². The van der Waals surface area contributed by atoms with Crippen LogP contribution in [-0.2, 0) is 11.2 Å². The number of halogens is 1. The molecule has 1 fully saturated rings. The minimum atomic E-state index is -0.381. The second-order valence-electron chi connectivity index (χ2n) is 7.21. The number of primary amides is 1. The van der Waals surface area contributed by atoms with Crippen LogP contribution in [0.4, 0.5) is 4.39 Å². The third kappa shape index (κ3) is 5.71. The molecule has 6 heteroatoms. The summed E-state index contributed by atoms with van der Waals surface area (Å²) in [5, 5.41) is 6.47. The van der Waals surface area contributed by atoms with E-state index in [-0.39, 0.29) is 17.6 Å². The Balaban J connectivity index is 1.95. The van der Waals surface area contributed by atoms with E-state index in [4.69, 9.17) is 10.7 Å². The van der Waals surface area contributed by atoms with Gasteiger partial charge in [-0.3, -0.25) is 9.79 Å². The number of hydrogen-bond donors (Lipinski definition) is 3. The predicted molar refractivity (Wildman–Crippen MR) is 103 cm³/mol. The lowest BCUT2D eigenvalue weighted by Gasteiger charge is -2.40. The molecule has 4 N–H and O–H groups in total. The highest BCUT2D eigenvalue weighted by molar-refractivity contribution is 5.81. The molecule has 0 saturated heterocycles. The summed E-state index contributed by atoms with van der Waals surface area (Å²) in [5.74, 6) is -0.322. The number of amides is 1. The van der Waals surface area contributed by atoms with Crippen LogP contribution < -0.4 is 16.4 Å². The first-order valence-corrected chi connectivity index (χ1v) is 9.54. The lowest BCUT2D eigenvalue weighted by atomic mass is 9.67. The molecule has 2 rings (SSSR count). The van der Waals surface area contributed by atoms with E-state index in [1.54, 1.807) is 12.1 Å². The molecule has 0 spiro atoms. The molecule has 1 amide bonds. The molecule has 1 aliphatic carbocycles. The largest absolute Gasteiger partial charge is 0.369 e. The second kappa shape index (κ2) is 9.55. The van der Waals surface area contributed by atoms with Crippen LogP contribution in [0.5, 0.6) is 0 Å². The standard InChI is InChI=1S/C20H31FN4O/c1-3-20(10-5-11-20)14-25-19(23-4-2)24-13-16(18(22)26)12-15-6-8-17(21)9-7-15/h6-9,16H,3-5,10-14H2,1-2H3,(H2,22,26)(H2,23,24,25). The number of carbonyl (C=O) groups is 1. The molecule has 1 aliphatic rings. The molecule has 0 radical (unpaired) electrons. The molecular formula is C20H31FN4O. The maximum absolute atomic E-state index is 13.0. The molecule has 0 aromatic heterocycles. The number of carbonyl (C=O) groups excluding carboxylic acids is 1. The molecule has 0 bridgehead atoms. The van der Waals surface area contributed by atoms with Gasteiger partial charge in [0.1, 0.15) is 5.82 Å². The van der Waals surface area contributed by atoms with Gasteiger partial charge < -0.3 is 16.4 Å². The lowest BCUT2D eigenvalue weighted by Crippen LogP contribution is -2.44. The normalized spacial score (nSPS) is 17.3. The van der Waals surface area contributed by atoms with E-state index in [9.17, 15) is 9.18 Å². The van der Waals surface area contributed by atoms with E-state index >= 15 is 0 Å². The SMILES string of the molecule is CCNC(=NCC1(CC)CCC1)NCC(Cc1ccc(F)cc1)C(N)=O. The summed E-state index contributed by atoms with van der Waals surface area (Å²) in [4.78, 5) is 16.5. The first-order chi connectivity index (χ1) is 12.5. The van der Waals surface area contributed by atoms with Crippen LogP contribution in [0.1, 0.15) is 45.1 Å². The Morgan fingerprint density at radius 3 is 2.46 bits per heavy atom. The highest BCUT2D eigenvalue weighted by Gasteiger charge is 2.34. The Hall–Kier alpha value is -2.11. The predicted octanol–water partition coefficient (Wildman–Crippen LogP) is 2.61. The minimum absolute atomic E-state index is 0.287. The second-order valence-corrected chi connectivity index (χ2v) is 7.21. The van der Waals surface area contributed by atoms with Crippen LogP contribution in [0.25, 0.3) is 0 Å². The van der Waals surface area contributed by atoms with Crippen molar-refractivity contribution in [2.75, 3.05) is 19.6 Å². The summed E-state index contributed by atoms with van der Waals surface area (Å²) >= 11 is 0. The number of aliphatic imine (C=N–C) groups is 1. The van der Waals surface area contributed by atoms with Crippen molar-refractivity contribution in [3.05, 3.63) is 35.6 Å². The van der Waals surface area contributed by atoms with Gasteiger partial charge in [-0.2, -0.15) is 0 Å². The van der Waals surface area contributed by atoms with Gasteiger partial charge >= 0.3 is 0 Å². The van der Waals surface area contributed by atoms with Crippen LogP contribution in [0.3, 0.4) is 0 Å². The molecule has 1 atom stereocenters. The average molecular weight is 362 g/mol. The van der Waals surface area contributed by atoms with Gasteiger partial charge in [-0.05, 0) is 55.7 Å². The quantitative estimate of drug-likeness (QED) is 0.467. The average Bonchev–Trinajstić information content (AvgIpc) is 2.59. The van der Waals surface area contributed by atoms with Crippen LogP contribution >= 0.6 is 0 Å². The maximum atomic E-state index is 13.0. The molecule has 1 unspecified atom stereocenters. The van der Waals surface area contributed by atoms with Crippen molar-refractivity contribution in [3.63, 3.8) is 0 Å². The van der Waals surface area contributed by atoms with Crippen molar-refractivity contribution >= 4 is 11.9 Å². The Kier molecular flexibility index (Phi) is 7.42. The van der Waals surface area contributed by atoms with Gasteiger partial charge in [0.2, 0.25) is 5.91 Å². The zero-order valence-corrected chi connectivity index (χ0v) is 15.9. The van der Waals surface area contributed by atoms with Crippen molar-refractivity contribution in [1.82, 2.24) is 10.6 Å². The van der Waals surface area contributed by atoms with Crippen molar-refractivity contribution in [3.8, 4) is 0 Å². The first kappa shape index (κ1) is 20.2. The minimum Gasteiger partial charge on any atom is -0.369 e. The molecule has 5 nitrogen and oxygen atoms in total. The molecule has 144 valence electrons. The summed E-state index contributed by atoms with van der Waals surface area (Å²) in [6.07, 6.45) is 5.38. The fourth-order valence-corrected chi connectivity index (χ4v) is 3.29. The van der Waals surface area contributed by atoms with Gasteiger partial charge in [0.15, 0.2) is 5.96 Å². The van der Waals surface area contributed by atoms with E-state index in [1.165, 1.54) is 31.4 Å². The summed E-state index contributed by atoms with van der Waals surface area (Å²) in [5.41, 5.74) is 6.79. The van der Waals surface area contributed by atoms with Crippen molar-refractivity contribution < 1.29 is 9.18 Å². The van der Waals surface area contributed by atoms with Crippen molar-refractivity contribution in [1.29, 1.82) is 0 Å². The Morgan fingerprint density at radius 1 is 1.27 bits per heavy atom. The van der Waals surface area contributed by atoms with E-state index in [0.717, 1.165) is 31.0 Å². The van der Waals surface area contributed by atoms with Gasteiger partial charge in [-0.25, -0.2) is 4.39 Å². The van der Waals surface area contributed by atoms with E-state index in [0.29, 0.717) is 18.4 Å². The van der Waals surface area contributed by atoms with Crippen LogP contribution in [0, 0.1) is 17.2 Å². The Labute approximate surface area is 155 Å². The number of benzene rings is 1. The van der Waals surface area contributed by atoms with Crippen molar-refractivity contribution in [2.45, 2.75) is 46.0 Å². The van der Waals surface area contributed by atoms with Crippen LogP contribution in [0.2, 0.25) is 0 Å². The fourth-order valence-electron chi connectivity index (χ4n) is 3.29. The maximum Gasteiger partial charge on any atom is 0.222 e. The molecule has 26 heavy (non-hydrogen) atoms. The number of nitrogens with one attached hydrogen (secondary N) is 2. The number of rotatable bonds is 9. The molecular weight excluding hydrogens is 331 g/mol. The molecule has 1 saturated carbocycles. The molecule has 1 aromatic carbocycles. The van der Waals surface area contributed by atoms with Gasteiger partial charge in [0.25, 0.3) is 0 Å². The molecule has 0 aliphatic heterocycles. The zero-order valence-electron chi connectivity index (χ0n) is 15.9. The first-order valence-electron chi connectivity index (χ1n) is 9.54. The third-order valence-electron chi connectivity index (χ3n) is 5.39. The molecule has 0 heterocycles. The summed E-state index contributed by atoms with van der Waals surface area (Å²) in [6.45, 7) is 6.20. The number of guanidine groups is 1. The molecule has 1 aromatic rings. The Bertz CT molecular complexity index is 605. The zero-order chi connectivity index (χ0) is 19.0. The van der Waals surface area contributed by atoms with Crippen LogP contribution in [-0.4, -0.2) is 31.5 Å². The monoisotopic (exact) mass is 362 g/mol. The van der Waals surface area contributed by atoms with Crippen LogP contribution in [0.15, 0.2) is 29.3 Å². The number of nitrogens with two attached hydrogens (primary N) is 1. The van der Waals surface area contributed by atoms with Gasteiger partial charge in [-0.1, -0.05) is 25.5 Å². The number of hydrogen-bond acceptors (Lipinski definition) is 2. The van der Waals surface area contributed by atoms with Gasteiger partial charge in [-0.15, -0.1) is 0 Å². The summed E-state index contributed by atoms with van der Waals surface area (Å²) < 4.78 is 13.0. The van der Waals surface area contributed by atoms with E-state index in [2.05, 4.69) is 17.6 Å². The number of nitrogens with zero attached hydrogens (tertiary/aromatic N) is 1. The summed E-state index contributed by atoms with van der Waals surface area (Å²) in [6, 6.07) is 6.17. The van der Waals surface area contributed by atoms with Crippen molar-refractivity contribution in [2.24, 2.45) is 22.1 Å². The fraction of sp³-hybridized carbons (Fsp3) is 0.600. The van der Waals surface area contributed by atoms with Gasteiger partial charge in [0, 0.05) is 19.6 Å². The highest BCUT2D eigenvalue weighted by atomic mass is 19.1. The van der Waals surface area contributed by atoms with Gasteiger partial charge in [0.05, 0.1) is 5.92 Å². The lowest BCUT2D eigenvalue weighted by molar-refractivity contribution is -0.121. The van der Waals surface area contributed by atoms with E-state index in [1.807, 2.05) is 6.92 Å². The topological polar surface area (TPSA) is 79.5 Å². The highest BCUT2D eigenvalue weighted by Crippen LogP contribution is 2.43. The Morgan fingerprint density at radius 2 is 1.96 bits per heavy atom. The summed E-state index contributed by atoms with van der Waals surface area (Å²) in [7, 11) is 0. The third-order valence-corrected chi connectivity index (χ3v) is 5.39.